The summed E-state index contributed by atoms with van der Waals surface area (Å²) < 4.78 is 9.63. The van der Waals surface area contributed by atoms with Gasteiger partial charge >= 0.3 is 0 Å². The first-order chi connectivity index (χ1) is 14.2. The number of nitrogens with one attached hydrogen (secondary N) is 1. The number of anilines is 1. The Morgan fingerprint density at radius 1 is 1.17 bits per heavy atom. The molecule has 0 spiro atoms. The second kappa shape index (κ2) is 12.9. The normalized spacial score (nSPS) is 14.4. The number of aromatic nitrogens is 2. The molecule has 1 N–H and O–H groups in total. The number of methoxy groups -OCH3 is 1. The molecule has 1 saturated heterocycles. The van der Waals surface area contributed by atoms with Crippen LogP contribution in [0.1, 0.15) is 31.7 Å². The van der Waals surface area contributed by atoms with Gasteiger partial charge < -0.3 is 19.9 Å². The second-order valence-electron chi connectivity index (χ2n) is 7.01. The third-order valence-corrected chi connectivity index (χ3v) is 5.82. The van der Waals surface area contributed by atoms with Crippen LogP contribution in [0, 0.1) is 0 Å². The van der Waals surface area contributed by atoms with E-state index in [1.54, 1.807) is 7.11 Å². The molecule has 0 saturated carbocycles. The summed E-state index contributed by atoms with van der Waals surface area (Å²) in [5, 5.41) is 4.49. The van der Waals surface area contributed by atoms with E-state index in [1.165, 1.54) is 17.1 Å². The highest BCUT2D eigenvalue weighted by molar-refractivity contribution is 14.0. The lowest BCUT2D eigenvalue weighted by Gasteiger charge is -2.36. The number of hydrogen-bond donors (Lipinski definition) is 1. The van der Waals surface area contributed by atoms with Crippen LogP contribution in [0.4, 0.5) is 5.13 Å². The molecule has 1 aromatic carbocycles. The van der Waals surface area contributed by atoms with Gasteiger partial charge in [-0.2, -0.15) is 4.37 Å². The van der Waals surface area contributed by atoms with E-state index in [0.717, 1.165) is 81.2 Å². The highest BCUT2D eigenvalue weighted by Gasteiger charge is 2.21. The predicted molar refractivity (Wildman–Crippen MR) is 136 cm³/mol. The number of nitrogens with zero attached hydrogens (tertiary/aromatic N) is 5. The van der Waals surface area contributed by atoms with Crippen molar-refractivity contribution >= 4 is 46.6 Å². The number of aryl methyl sites for hydroxylation is 2. The molecular weight excluding hydrogens is 511 g/mol. The summed E-state index contributed by atoms with van der Waals surface area (Å²) in [5.74, 6) is 2.87. The number of halogens is 1. The van der Waals surface area contributed by atoms with E-state index in [9.17, 15) is 0 Å². The largest absolute Gasteiger partial charge is 0.497 e. The van der Waals surface area contributed by atoms with Crippen LogP contribution in [0.5, 0.6) is 5.75 Å². The highest BCUT2D eigenvalue weighted by Crippen LogP contribution is 2.19. The Morgan fingerprint density at radius 2 is 1.90 bits per heavy atom. The molecule has 0 amide bonds. The molecule has 166 valence electrons. The summed E-state index contributed by atoms with van der Waals surface area (Å²) in [5.41, 5.74) is 1.32. The Balaban J connectivity index is 0.00000320. The molecular formula is C21H33IN6OS. The minimum absolute atomic E-state index is 0. The van der Waals surface area contributed by atoms with Crippen LogP contribution in [0.15, 0.2) is 29.3 Å². The monoisotopic (exact) mass is 544 g/mol. The lowest BCUT2D eigenvalue weighted by Crippen LogP contribution is -2.52. The van der Waals surface area contributed by atoms with Gasteiger partial charge in [-0.1, -0.05) is 19.1 Å². The molecule has 0 bridgehead atoms. The van der Waals surface area contributed by atoms with E-state index >= 15 is 0 Å². The Kier molecular flexibility index (Phi) is 10.6. The minimum atomic E-state index is 0. The topological polar surface area (TPSA) is 65.9 Å². The summed E-state index contributed by atoms with van der Waals surface area (Å²) in [4.78, 5) is 14.2. The maximum Gasteiger partial charge on any atom is 0.205 e. The zero-order chi connectivity index (χ0) is 20.5. The average molecular weight is 545 g/mol. The summed E-state index contributed by atoms with van der Waals surface area (Å²) in [6, 6.07) is 8.29. The van der Waals surface area contributed by atoms with Gasteiger partial charge in [0.2, 0.25) is 5.13 Å². The van der Waals surface area contributed by atoms with Gasteiger partial charge in [0.1, 0.15) is 11.6 Å². The van der Waals surface area contributed by atoms with Crippen molar-refractivity contribution < 1.29 is 4.74 Å². The van der Waals surface area contributed by atoms with Crippen LogP contribution in [0.3, 0.4) is 0 Å². The molecule has 0 unspecified atom stereocenters. The van der Waals surface area contributed by atoms with Gasteiger partial charge in [0.15, 0.2) is 5.96 Å². The smallest absolute Gasteiger partial charge is 0.205 e. The molecule has 1 fully saturated rings. The standard InChI is InChI=1S/C21H32N6OS.HI/c1-4-19-24-21(29-25-19)27-15-13-26(14-16-27)20(22-5-2)23-12-6-7-17-8-10-18(28-3)11-9-17;/h8-11H,4-7,12-16H2,1-3H3,(H,22,23);1H. The number of aliphatic imine (C=N–C) groups is 1. The fourth-order valence-electron chi connectivity index (χ4n) is 3.31. The molecule has 0 radical (unpaired) electrons. The predicted octanol–water partition coefficient (Wildman–Crippen LogP) is 3.45. The van der Waals surface area contributed by atoms with Crippen molar-refractivity contribution in [2.24, 2.45) is 4.99 Å². The van der Waals surface area contributed by atoms with Gasteiger partial charge in [0, 0.05) is 57.2 Å². The summed E-state index contributed by atoms with van der Waals surface area (Å²) >= 11 is 1.51. The molecule has 1 aliphatic heterocycles. The molecule has 2 heterocycles. The number of piperazine rings is 1. The molecule has 9 heteroatoms. The van der Waals surface area contributed by atoms with Gasteiger partial charge in [-0.05, 0) is 37.5 Å². The Bertz CT molecular complexity index is 774. The van der Waals surface area contributed by atoms with E-state index in [2.05, 4.69) is 50.5 Å². The molecule has 7 nitrogen and oxygen atoms in total. The Morgan fingerprint density at radius 3 is 2.50 bits per heavy atom. The first-order valence-electron chi connectivity index (χ1n) is 10.5. The first kappa shape index (κ1) is 24.6. The van der Waals surface area contributed by atoms with Crippen LogP contribution >= 0.6 is 35.5 Å². The average Bonchev–Trinajstić information content (AvgIpc) is 3.26. The number of ether oxygens (including phenoxy) is 1. The van der Waals surface area contributed by atoms with Crippen molar-refractivity contribution in [3.05, 3.63) is 35.7 Å². The molecule has 1 aromatic heterocycles. The number of guanidine groups is 1. The van der Waals surface area contributed by atoms with Crippen molar-refractivity contribution in [3.8, 4) is 5.75 Å². The van der Waals surface area contributed by atoms with Crippen LogP contribution < -0.4 is 15.0 Å². The fourth-order valence-corrected chi connectivity index (χ4v) is 4.11. The van der Waals surface area contributed by atoms with E-state index in [0.29, 0.717) is 0 Å². The van der Waals surface area contributed by atoms with Gasteiger partial charge in [-0.15, -0.1) is 24.0 Å². The zero-order valence-corrected chi connectivity index (χ0v) is 21.3. The van der Waals surface area contributed by atoms with Crippen LogP contribution in [0.2, 0.25) is 0 Å². The van der Waals surface area contributed by atoms with E-state index < -0.39 is 0 Å². The number of hydrogen-bond acceptors (Lipinski definition) is 6. The molecule has 2 aromatic rings. The van der Waals surface area contributed by atoms with Crippen molar-refractivity contribution in [1.82, 2.24) is 19.6 Å². The minimum Gasteiger partial charge on any atom is -0.497 e. The molecule has 0 aliphatic carbocycles. The molecule has 0 atom stereocenters. The van der Waals surface area contributed by atoms with Crippen molar-refractivity contribution in [2.45, 2.75) is 33.1 Å². The first-order valence-corrected chi connectivity index (χ1v) is 11.2. The molecule has 30 heavy (non-hydrogen) atoms. The van der Waals surface area contributed by atoms with Gasteiger partial charge in [-0.3, -0.25) is 4.99 Å². The third kappa shape index (κ3) is 6.97. The van der Waals surface area contributed by atoms with Crippen molar-refractivity contribution in [2.75, 3.05) is 51.3 Å². The Hall–Kier alpha value is -1.62. The second-order valence-corrected chi connectivity index (χ2v) is 7.74. The quantitative estimate of drug-likeness (QED) is 0.238. The van der Waals surface area contributed by atoms with Crippen LogP contribution in [-0.2, 0) is 12.8 Å². The van der Waals surface area contributed by atoms with Crippen LogP contribution in [0.25, 0.3) is 0 Å². The van der Waals surface area contributed by atoms with Crippen molar-refractivity contribution in [3.63, 3.8) is 0 Å². The van der Waals surface area contributed by atoms with Gasteiger partial charge in [-0.25, -0.2) is 4.98 Å². The summed E-state index contributed by atoms with van der Waals surface area (Å²) in [6.07, 6.45) is 2.95. The highest BCUT2D eigenvalue weighted by atomic mass is 127. The lowest BCUT2D eigenvalue weighted by atomic mass is 10.1. The molecule has 1 aliphatic rings. The zero-order valence-electron chi connectivity index (χ0n) is 18.1. The maximum atomic E-state index is 5.22. The maximum absolute atomic E-state index is 5.22. The van der Waals surface area contributed by atoms with E-state index in [1.807, 2.05) is 12.1 Å². The Labute approximate surface area is 201 Å². The lowest BCUT2D eigenvalue weighted by molar-refractivity contribution is 0.372. The fraction of sp³-hybridized carbons (Fsp3) is 0.571. The number of benzene rings is 1. The van der Waals surface area contributed by atoms with Gasteiger partial charge in [0.05, 0.1) is 7.11 Å². The van der Waals surface area contributed by atoms with Crippen molar-refractivity contribution in [1.29, 1.82) is 0 Å². The van der Waals surface area contributed by atoms with E-state index in [4.69, 9.17) is 9.73 Å². The molecule has 3 rings (SSSR count). The SMILES string of the molecule is CCNC(=NCCCc1ccc(OC)cc1)N1CCN(c2nc(CC)ns2)CC1.I. The van der Waals surface area contributed by atoms with Crippen LogP contribution in [-0.4, -0.2) is 66.6 Å². The third-order valence-electron chi connectivity index (χ3n) is 5.00. The summed E-state index contributed by atoms with van der Waals surface area (Å²) in [7, 11) is 1.70. The number of rotatable bonds is 8. The van der Waals surface area contributed by atoms with Gasteiger partial charge in [0.25, 0.3) is 0 Å². The summed E-state index contributed by atoms with van der Waals surface area (Å²) in [6.45, 7) is 9.73. The van der Waals surface area contributed by atoms with E-state index in [-0.39, 0.29) is 24.0 Å².